The highest BCUT2D eigenvalue weighted by atomic mass is 32.2. The van der Waals surface area contributed by atoms with Gasteiger partial charge in [0.1, 0.15) is 4.90 Å². The van der Waals surface area contributed by atoms with Gasteiger partial charge in [-0.3, -0.25) is 0 Å². The number of nitrogen functional groups attached to an aromatic ring is 1. The lowest BCUT2D eigenvalue weighted by molar-refractivity contribution is 0.579. The Kier molecular flexibility index (Phi) is 5.30. The Bertz CT molecular complexity index is 460. The van der Waals surface area contributed by atoms with Gasteiger partial charge < -0.3 is 5.73 Å². The number of thioether (sulfide) groups is 1. The van der Waals surface area contributed by atoms with Gasteiger partial charge in [0.2, 0.25) is 10.0 Å². The molecule has 0 bridgehead atoms. The maximum atomic E-state index is 11.9. The highest BCUT2D eigenvalue weighted by Gasteiger charge is 2.16. The summed E-state index contributed by atoms with van der Waals surface area (Å²) < 4.78 is 26.4. The molecular formula is C11H18N2O2S2. The summed E-state index contributed by atoms with van der Waals surface area (Å²) in [6.45, 7) is 2.49. The first-order valence-electron chi connectivity index (χ1n) is 5.34. The van der Waals surface area contributed by atoms with Crippen LogP contribution in [0.4, 0.5) is 5.69 Å². The van der Waals surface area contributed by atoms with Gasteiger partial charge in [-0.25, -0.2) is 13.1 Å². The van der Waals surface area contributed by atoms with Gasteiger partial charge in [-0.15, -0.1) is 0 Å². The van der Waals surface area contributed by atoms with Crippen LogP contribution < -0.4 is 10.5 Å². The van der Waals surface area contributed by atoms with Crippen molar-refractivity contribution in [3.05, 3.63) is 24.3 Å². The normalized spacial score (nSPS) is 13.5. The summed E-state index contributed by atoms with van der Waals surface area (Å²) in [6.07, 6.45) is 2.81. The quantitative estimate of drug-likeness (QED) is 0.774. The Hall–Kier alpha value is -0.720. The molecule has 17 heavy (non-hydrogen) atoms. The average molecular weight is 274 g/mol. The summed E-state index contributed by atoms with van der Waals surface area (Å²) in [4.78, 5) is 0.150. The summed E-state index contributed by atoms with van der Waals surface area (Å²) >= 11 is 1.71. The molecule has 0 amide bonds. The van der Waals surface area contributed by atoms with Gasteiger partial charge in [0, 0.05) is 11.8 Å². The molecule has 0 heterocycles. The van der Waals surface area contributed by atoms with Crippen LogP contribution in [0.15, 0.2) is 29.2 Å². The highest BCUT2D eigenvalue weighted by Crippen LogP contribution is 2.17. The van der Waals surface area contributed by atoms with Gasteiger partial charge in [-0.05, 0) is 24.8 Å². The second kappa shape index (κ2) is 6.28. The molecule has 1 unspecified atom stereocenters. The van der Waals surface area contributed by atoms with Crippen LogP contribution in [0, 0.1) is 0 Å². The van der Waals surface area contributed by atoms with E-state index < -0.39 is 10.0 Å². The van der Waals surface area contributed by atoms with Gasteiger partial charge >= 0.3 is 0 Å². The van der Waals surface area contributed by atoms with Crippen molar-refractivity contribution >= 4 is 27.5 Å². The van der Waals surface area contributed by atoms with Crippen molar-refractivity contribution in [2.45, 2.75) is 23.5 Å². The molecule has 1 aromatic carbocycles. The highest BCUT2D eigenvalue weighted by molar-refractivity contribution is 7.99. The van der Waals surface area contributed by atoms with Crippen LogP contribution in [-0.2, 0) is 10.0 Å². The number of hydrogen-bond donors (Lipinski definition) is 2. The maximum absolute atomic E-state index is 11.9. The molecule has 1 rings (SSSR count). The molecular weight excluding hydrogens is 256 g/mol. The molecule has 6 heteroatoms. The zero-order chi connectivity index (χ0) is 12.9. The number of sulfonamides is 1. The van der Waals surface area contributed by atoms with E-state index in [1.807, 2.05) is 6.26 Å². The first kappa shape index (κ1) is 14.3. The molecule has 1 atom stereocenters. The number of rotatable bonds is 6. The molecule has 0 radical (unpaired) electrons. The lowest BCUT2D eigenvalue weighted by Gasteiger charge is -2.11. The van der Waals surface area contributed by atoms with Crippen LogP contribution in [0.3, 0.4) is 0 Å². The molecule has 0 aliphatic rings. The Balaban J connectivity index is 2.67. The largest absolute Gasteiger partial charge is 0.398 e. The Morgan fingerprint density at radius 1 is 1.41 bits per heavy atom. The lowest BCUT2D eigenvalue weighted by Crippen LogP contribution is -2.26. The van der Waals surface area contributed by atoms with Crippen LogP contribution in [0.5, 0.6) is 0 Å². The van der Waals surface area contributed by atoms with Crippen molar-refractivity contribution in [1.29, 1.82) is 0 Å². The number of anilines is 1. The number of nitrogens with one attached hydrogen (secondary N) is 1. The third-order valence-corrected chi connectivity index (χ3v) is 5.03. The van der Waals surface area contributed by atoms with E-state index in [1.54, 1.807) is 30.0 Å². The molecule has 96 valence electrons. The zero-order valence-corrected chi connectivity index (χ0v) is 11.6. The van der Waals surface area contributed by atoms with E-state index in [0.717, 1.165) is 6.42 Å². The van der Waals surface area contributed by atoms with Crippen molar-refractivity contribution in [2.24, 2.45) is 0 Å². The van der Waals surface area contributed by atoms with Crippen molar-refractivity contribution in [3.63, 3.8) is 0 Å². The summed E-state index contributed by atoms with van der Waals surface area (Å²) in [5, 5.41) is 0.436. The number of benzene rings is 1. The number of nitrogens with two attached hydrogens (primary N) is 1. The summed E-state index contributed by atoms with van der Waals surface area (Å²) in [5.74, 6) is 0. The SMILES string of the molecule is CSC(C)CCNS(=O)(=O)c1ccccc1N. The summed E-state index contributed by atoms with van der Waals surface area (Å²) in [6, 6.07) is 6.47. The van der Waals surface area contributed by atoms with Crippen LogP contribution in [0.2, 0.25) is 0 Å². The van der Waals surface area contributed by atoms with E-state index >= 15 is 0 Å². The topological polar surface area (TPSA) is 72.2 Å². The Labute approximate surface area is 107 Å². The second-order valence-electron chi connectivity index (χ2n) is 3.77. The van der Waals surface area contributed by atoms with Crippen molar-refractivity contribution in [1.82, 2.24) is 4.72 Å². The van der Waals surface area contributed by atoms with E-state index in [-0.39, 0.29) is 10.6 Å². The van der Waals surface area contributed by atoms with E-state index in [1.165, 1.54) is 6.07 Å². The molecule has 3 N–H and O–H groups in total. The summed E-state index contributed by atoms with van der Waals surface area (Å²) in [7, 11) is -3.48. The fourth-order valence-corrected chi connectivity index (χ4v) is 2.85. The average Bonchev–Trinajstić information content (AvgIpc) is 2.28. The number of hydrogen-bond acceptors (Lipinski definition) is 4. The fraction of sp³-hybridized carbons (Fsp3) is 0.455. The van der Waals surface area contributed by atoms with Crippen LogP contribution in [0.1, 0.15) is 13.3 Å². The van der Waals surface area contributed by atoms with Crippen molar-refractivity contribution < 1.29 is 8.42 Å². The third kappa shape index (κ3) is 4.22. The predicted molar refractivity (Wildman–Crippen MR) is 73.6 cm³/mol. The first-order valence-corrected chi connectivity index (χ1v) is 8.11. The monoisotopic (exact) mass is 274 g/mol. The van der Waals surface area contributed by atoms with E-state index in [9.17, 15) is 8.42 Å². The molecule has 0 fully saturated rings. The minimum Gasteiger partial charge on any atom is -0.398 e. The smallest absolute Gasteiger partial charge is 0.242 e. The number of para-hydroxylation sites is 1. The van der Waals surface area contributed by atoms with Gasteiger partial charge in [0.25, 0.3) is 0 Å². The molecule has 0 saturated carbocycles. The molecule has 1 aromatic rings. The van der Waals surface area contributed by atoms with Gasteiger partial charge in [-0.2, -0.15) is 11.8 Å². The second-order valence-corrected chi connectivity index (χ2v) is 6.78. The van der Waals surface area contributed by atoms with Crippen molar-refractivity contribution in [2.75, 3.05) is 18.5 Å². The molecule has 0 aliphatic carbocycles. The summed E-state index contributed by atoms with van der Waals surface area (Å²) in [5.41, 5.74) is 5.92. The van der Waals surface area contributed by atoms with E-state index in [0.29, 0.717) is 11.8 Å². The van der Waals surface area contributed by atoms with Crippen LogP contribution in [0.25, 0.3) is 0 Å². The van der Waals surface area contributed by atoms with Gasteiger partial charge in [0.15, 0.2) is 0 Å². The molecule has 0 saturated heterocycles. The molecule has 4 nitrogen and oxygen atoms in total. The van der Waals surface area contributed by atoms with E-state index in [4.69, 9.17) is 5.73 Å². The van der Waals surface area contributed by atoms with Crippen molar-refractivity contribution in [3.8, 4) is 0 Å². The zero-order valence-electron chi connectivity index (χ0n) is 10.0. The Morgan fingerprint density at radius 3 is 2.65 bits per heavy atom. The van der Waals surface area contributed by atoms with E-state index in [2.05, 4.69) is 11.6 Å². The minimum atomic E-state index is -3.48. The molecule has 0 aliphatic heterocycles. The Morgan fingerprint density at radius 2 is 2.06 bits per heavy atom. The van der Waals surface area contributed by atoms with Crippen LogP contribution >= 0.6 is 11.8 Å². The lowest BCUT2D eigenvalue weighted by atomic mass is 10.3. The standard InChI is InChI=1S/C11H18N2O2S2/c1-9(16-2)7-8-13-17(14,15)11-6-4-3-5-10(11)12/h3-6,9,13H,7-8,12H2,1-2H3. The fourth-order valence-electron chi connectivity index (χ4n) is 1.32. The van der Waals surface area contributed by atoms with Gasteiger partial charge in [0.05, 0.1) is 5.69 Å². The first-order chi connectivity index (χ1) is 7.97. The third-order valence-electron chi connectivity index (χ3n) is 2.45. The molecule has 0 aromatic heterocycles. The predicted octanol–water partition coefficient (Wildman–Crippen LogP) is 1.69. The minimum absolute atomic E-state index is 0.150. The van der Waals surface area contributed by atoms with Gasteiger partial charge in [-0.1, -0.05) is 19.1 Å². The maximum Gasteiger partial charge on any atom is 0.242 e. The molecule has 0 spiro atoms. The van der Waals surface area contributed by atoms with Crippen LogP contribution in [-0.4, -0.2) is 26.5 Å².